The van der Waals surface area contributed by atoms with Crippen LogP contribution in [0.4, 0.5) is 0 Å². The fourth-order valence-corrected chi connectivity index (χ4v) is 0. The monoisotopic (exact) mass is 122 g/mol. The van der Waals surface area contributed by atoms with E-state index < -0.39 is 0 Å². The smallest absolute Gasteiger partial charge is 1.00 e. The molecule has 0 fully saturated rings. The average molecular weight is 123 g/mol. The largest absolute Gasteiger partial charge is 2.00 e. The van der Waals surface area contributed by atoms with Gasteiger partial charge in [0, 0.05) is 0 Å². The molecule has 0 rings (SSSR count). The second kappa shape index (κ2) is 20.9. The zero-order valence-electron chi connectivity index (χ0n) is 3.21. The van der Waals surface area contributed by atoms with Crippen molar-refractivity contribution in [3.63, 3.8) is 0 Å². The van der Waals surface area contributed by atoms with E-state index >= 15 is 0 Å². The minimum atomic E-state index is 0. The fraction of sp³-hybridized carbons (Fsp3) is 0. The van der Waals surface area contributed by atoms with E-state index in [4.69, 9.17) is 0 Å². The van der Waals surface area contributed by atoms with Crippen molar-refractivity contribution in [1.82, 2.24) is 0 Å². The summed E-state index contributed by atoms with van der Waals surface area (Å²) in [5.41, 5.74) is 0. The Kier molecular flexibility index (Phi) is 208. The Hall–Kier alpha value is 1.87. The van der Waals surface area contributed by atoms with Crippen LogP contribution in [-0.4, -0.2) is 51.4 Å². The third-order valence-electron chi connectivity index (χ3n) is 0. The second-order valence-corrected chi connectivity index (χ2v) is 0. The van der Waals surface area contributed by atoms with Gasteiger partial charge in [-0.15, -0.1) is 0 Å². The quantitative estimate of drug-likeness (QED) is 0.307. The van der Waals surface area contributed by atoms with E-state index in [0.717, 1.165) is 0 Å². The van der Waals surface area contributed by atoms with E-state index in [-0.39, 0.29) is 67.7 Å². The van der Waals surface area contributed by atoms with Crippen LogP contribution in [0.1, 0.15) is 2.85 Å². The third kappa shape index (κ3) is 9.12. The predicted octanol–water partition coefficient (Wildman–Crippen LogP) is -2.68. The summed E-state index contributed by atoms with van der Waals surface area (Å²) in [6.45, 7) is 0. The van der Waals surface area contributed by atoms with Gasteiger partial charge in [-0.05, 0) is 11.0 Å². The predicted molar refractivity (Wildman–Crippen MR) is 39.6 cm³/mol. The molecule has 0 aliphatic heterocycles. The van der Waals surface area contributed by atoms with Crippen molar-refractivity contribution in [1.29, 1.82) is 0 Å². The maximum atomic E-state index is 0. The first-order chi connectivity index (χ1) is 0. The summed E-state index contributed by atoms with van der Waals surface area (Å²) in [5, 5.41) is 0. The molecule has 4 heteroatoms. The Morgan fingerprint density at radius 1 is 1.25 bits per heavy atom. The summed E-state index contributed by atoms with van der Waals surface area (Å²) in [4.78, 5) is 0. The van der Waals surface area contributed by atoms with E-state index in [1.165, 1.54) is 0 Å². The normalized spacial score (nSPS) is 0. The molecule has 0 saturated heterocycles. The van der Waals surface area contributed by atoms with Gasteiger partial charge in [-0.25, -0.2) is 0 Å². The standard InChI is InChI=1S/Al.Mg.H2S.H4Si.5H/h;;1H2;1H4;;;;;/q;+2;;;;;;2*-1. The van der Waals surface area contributed by atoms with Gasteiger partial charge in [0.05, 0.1) is 0 Å². The summed E-state index contributed by atoms with van der Waals surface area (Å²) >= 11 is 0. The van der Waals surface area contributed by atoms with E-state index in [2.05, 4.69) is 0 Å². The first-order valence-electron chi connectivity index (χ1n) is 0. The molecular formula is H11AlMgSSi. The molecule has 4 heavy (non-hydrogen) atoms. The molecule has 0 unspecified atom stereocenters. The van der Waals surface area contributed by atoms with Crippen LogP contribution in [-0.2, 0) is 0 Å². The van der Waals surface area contributed by atoms with Crippen molar-refractivity contribution in [2.45, 2.75) is 0 Å². The molecular weight excluding hydrogens is 111 g/mol. The van der Waals surface area contributed by atoms with Crippen molar-refractivity contribution < 1.29 is 2.85 Å². The summed E-state index contributed by atoms with van der Waals surface area (Å²) < 4.78 is 0. The zero-order valence-corrected chi connectivity index (χ0v) is 3.62. The zero-order chi connectivity index (χ0) is 0. The third-order valence-corrected chi connectivity index (χ3v) is 0. The maximum absolute atomic E-state index is 0. The summed E-state index contributed by atoms with van der Waals surface area (Å²) in [6.07, 6.45) is 0. The molecule has 0 aromatic carbocycles. The Bertz CT molecular complexity index is 13.5. The second-order valence-electron chi connectivity index (χ2n) is 0. The van der Waals surface area contributed by atoms with Crippen LogP contribution >= 0.6 is 13.5 Å². The van der Waals surface area contributed by atoms with Crippen LogP contribution in [0.2, 0.25) is 0 Å². The average Bonchev–Trinajstić information content (AvgIpc) is 0. The van der Waals surface area contributed by atoms with Gasteiger partial charge in [-0.3, -0.25) is 0 Å². The molecule has 0 aliphatic carbocycles. The van der Waals surface area contributed by atoms with Gasteiger partial charge in [0.15, 0.2) is 17.4 Å². The maximum Gasteiger partial charge on any atom is 2.00 e. The Morgan fingerprint density at radius 2 is 1.25 bits per heavy atom. The van der Waals surface area contributed by atoms with Crippen LogP contribution in [0.25, 0.3) is 0 Å². The summed E-state index contributed by atoms with van der Waals surface area (Å²) in [5.74, 6) is 0. The van der Waals surface area contributed by atoms with E-state index in [9.17, 15) is 0 Å². The van der Waals surface area contributed by atoms with E-state index in [0.29, 0.717) is 0 Å². The van der Waals surface area contributed by atoms with Crippen LogP contribution in [0.5, 0.6) is 0 Å². The first kappa shape index (κ1) is 39.9. The van der Waals surface area contributed by atoms with Crippen molar-refractivity contribution >= 4 is 64.9 Å². The van der Waals surface area contributed by atoms with Crippen LogP contribution in [0.15, 0.2) is 0 Å². The van der Waals surface area contributed by atoms with Crippen molar-refractivity contribution in [3.05, 3.63) is 0 Å². The molecule has 0 spiro atoms. The molecule has 0 N–H and O–H groups in total. The minimum absolute atomic E-state index is 0. The summed E-state index contributed by atoms with van der Waals surface area (Å²) in [6, 6.07) is 0. The number of hydrogen-bond donors (Lipinski definition) is 0. The van der Waals surface area contributed by atoms with Crippen molar-refractivity contribution in [2.24, 2.45) is 0 Å². The van der Waals surface area contributed by atoms with Crippen molar-refractivity contribution in [3.8, 4) is 0 Å². The van der Waals surface area contributed by atoms with Gasteiger partial charge in [0.25, 0.3) is 0 Å². The molecule has 0 nitrogen and oxygen atoms in total. The fourth-order valence-electron chi connectivity index (χ4n) is 0. The Balaban J connectivity index is 0. The minimum Gasteiger partial charge on any atom is -1.00 e. The molecule has 0 amide bonds. The summed E-state index contributed by atoms with van der Waals surface area (Å²) in [7, 11) is 0. The SMILES string of the molecule is S.[AlH3].[H-].[H-].[Mg+2].[SiH4]. The van der Waals surface area contributed by atoms with Crippen LogP contribution in [0.3, 0.4) is 0 Å². The Morgan fingerprint density at radius 3 is 1.25 bits per heavy atom. The van der Waals surface area contributed by atoms with Gasteiger partial charge >= 0.3 is 23.1 Å². The topological polar surface area (TPSA) is 0 Å². The molecule has 0 aromatic rings. The molecule has 0 atom stereocenters. The van der Waals surface area contributed by atoms with Gasteiger partial charge in [0.2, 0.25) is 0 Å². The molecule has 0 aliphatic rings. The number of hydrogen-bond acceptors (Lipinski definition) is 0. The molecule has 0 aromatic heterocycles. The van der Waals surface area contributed by atoms with Gasteiger partial charge in [-0.1, -0.05) is 0 Å². The van der Waals surface area contributed by atoms with Gasteiger partial charge in [0.1, 0.15) is 0 Å². The first-order valence-corrected chi connectivity index (χ1v) is 0. The van der Waals surface area contributed by atoms with Gasteiger partial charge < -0.3 is 2.85 Å². The van der Waals surface area contributed by atoms with Crippen LogP contribution in [0, 0.1) is 0 Å². The molecule has 0 heterocycles. The molecule has 0 bridgehead atoms. The van der Waals surface area contributed by atoms with E-state index in [1.807, 2.05) is 0 Å². The van der Waals surface area contributed by atoms with Crippen LogP contribution < -0.4 is 0 Å². The van der Waals surface area contributed by atoms with E-state index in [1.54, 1.807) is 0 Å². The molecule has 0 radical (unpaired) electrons. The molecule has 0 saturated carbocycles. The molecule has 26 valence electrons. The Labute approximate surface area is 67.4 Å². The van der Waals surface area contributed by atoms with Gasteiger partial charge in [-0.2, -0.15) is 13.5 Å². The van der Waals surface area contributed by atoms with Crippen molar-refractivity contribution in [2.75, 3.05) is 0 Å². The number of rotatable bonds is 0.